The van der Waals surface area contributed by atoms with Crippen LogP contribution in [0.2, 0.25) is 0 Å². The van der Waals surface area contributed by atoms with Crippen LogP contribution < -0.4 is 10.1 Å². The molecule has 0 fully saturated rings. The van der Waals surface area contributed by atoms with E-state index in [4.69, 9.17) is 4.74 Å². The number of carboxylic acids is 1. The van der Waals surface area contributed by atoms with E-state index in [0.29, 0.717) is 13.0 Å². The van der Waals surface area contributed by atoms with E-state index in [1.54, 1.807) is 7.11 Å². The van der Waals surface area contributed by atoms with E-state index >= 15 is 0 Å². The monoisotopic (exact) mass is 372 g/mol. The van der Waals surface area contributed by atoms with Crippen molar-refractivity contribution < 1.29 is 14.6 Å². The van der Waals surface area contributed by atoms with Crippen LogP contribution in [0.3, 0.4) is 0 Å². The molecule has 0 amide bonds. The molecule has 0 saturated carbocycles. The maximum absolute atomic E-state index is 12.3. The number of methoxy groups -OCH3 is 1. The summed E-state index contributed by atoms with van der Waals surface area (Å²) in [6, 6.07) is 15.5. The molecule has 0 spiro atoms. The molecule has 1 atom stereocenters. The van der Waals surface area contributed by atoms with Crippen molar-refractivity contribution in [1.29, 1.82) is 0 Å². The van der Waals surface area contributed by atoms with Crippen LogP contribution in [0.25, 0.3) is 10.9 Å². The van der Waals surface area contributed by atoms with E-state index in [1.807, 2.05) is 48.5 Å². The number of hydrogen-bond donors (Lipinski definition) is 3. The first-order chi connectivity index (χ1) is 12.1. The third kappa shape index (κ3) is 2.83. The van der Waals surface area contributed by atoms with E-state index in [1.165, 1.54) is 0 Å². The first kappa shape index (κ1) is 18.3. The molecule has 1 aliphatic rings. The Balaban J connectivity index is 0.00000196. The average Bonchev–Trinajstić information content (AvgIpc) is 3.01. The number of aliphatic carboxylic acids is 1. The van der Waals surface area contributed by atoms with Gasteiger partial charge in [0.1, 0.15) is 5.75 Å². The molecule has 0 saturated heterocycles. The third-order valence-corrected chi connectivity index (χ3v) is 5.02. The van der Waals surface area contributed by atoms with Crippen molar-refractivity contribution in [2.24, 2.45) is 0 Å². The Bertz CT molecular complexity index is 939. The number of nitrogens with one attached hydrogen (secondary N) is 2. The van der Waals surface area contributed by atoms with E-state index in [9.17, 15) is 9.90 Å². The van der Waals surface area contributed by atoms with E-state index in [-0.39, 0.29) is 12.4 Å². The van der Waals surface area contributed by atoms with Crippen molar-refractivity contribution in [3.05, 3.63) is 65.4 Å². The van der Waals surface area contributed by atoms with Crippen molar-refractivity contribution >= 4 is 29.3 Å². The van der Waals surface area contributed by atoms with Crippen LogP contribution >= 0.6 is 12.4 Å². The van der Waals surface area contributed by atoms with Gasteiger partial charge < -0.3 is 14.8 Å². The van der Waals surface area contributed by atoms with Crippen LogP contribution in [0.15, 0.2) is 48.5 Å². The van der Waals surface area contributed by atoms with Gasteiger partial charge in [-0.25, -0.2) is 4.79 Å². The van der Waals surface area contributed by atoms with Crippen molar-refractivity contribution in [2.45, 2.75) is 18.4 Å². The molecule has 1 aliphatic heterocycles. The maximum atomic E-state index is 12.3. The van der Waals surface area contributed by atoms with Gasteiger partial charge in [-0.2, -0.15) is 0 Å². The molecule has 2 heterocycles. The second kappa shape index (κ2) is 7.02. The molecule has 26 heavy (non-hydrogen) atoms. The lowest BCUT2D eigenvalue weighted by molar-refractivity contribution is -0.145. The Hall–Kier alpha value is -2.50. The summed E-state index contributed by atoms with van der Waals surface area (Å²) in [4.78, 5) is 15.7. The Kier molecular flexibility index (Phi) is 4.94. The summed E-state index contributed by atoms with van der Waals surface area (Å²) in [5.41, 5.74) is 2.58. The normalized spacial score (nSPS) is 18.8. The topological polar surface area (TPSA) is 74.3 Å². The summed E-state index contributed by atoms with van der Waals surface area (Å²) in [7, 11) is 1.64. The van der Waals surface area contributed by atoms with Crippen molar-refractivity contribution in [3.8, 4) is 5.75 Å². The summed E-state index contributed by atoms with van der Waals surface area (Å²) in [6.45, 7) is 0.621. The van der Waals surface area contributed by atoms with Gasteiger partial charge in [-0.1, -0.05) is 30.3 Å². The van der Waals surface area contributed by atoms with Crippen LogP contribution in [0, 0.1) is 0 Å². The molecule has 1 unspecified atom stereocenters. The van der Waals surface area contributed by atoms with Crippen molar-refractivity contribution in [2.75, 3.05) is 13.7 Å². The van der Waals surface area contributed by atoms with Crippen LogP contribution in [-0.2, 0) is 23.2 Å². The third-order valence-electron chi connectivity index (χ3n) is 5.02. The summed E-state index contributed by atoms with van der Waals surface area (Å²) in [6.07, 6.45) is 1.17. The summed E-state index contributed by atoms with van der Waals surface area (Å²) in [5.74, 6) is -0.0901. The first-order valence-electron chi connectivity index (χ1n) is 8.35. The molecule has 3 aromatic rings. The molecule has 5 nitrogen and oxygen atoms in total. The van der Waals surface area contributed by atoms with Gasteiger partial charge in [0, 0.05) is 23.9 Å². The van der Waals surface area contributed by atoms with Gasteiger partial charge in [-0.05, 0) is 35.7 Å². The molecule has 2 aromatic carbocycles. The van der Waals surface area contributed by atoms with E-state index < -0.39 is 11.5 Å². The minimum Gasteiger partial charge on any atom is -0.497 e. The predicted molar refractivity (Wildman–Crippen MR) is 103 cm³/mol. The van der Waals surface area contributed by atoms with Crippen molar-refractivity contribution in [1.82, 2.24) is 10.3 Å². The predicted octanol–water partition coefficient (Wildman–Crippen LogP) is 3.27. The standard InChI is InChI=1S/C20H20N2O3.ClH/c1-25-14-7-8-17-16(11-14)15-9-10-21-20(19(23)24,18(15)22-17)12-13-5-3-2-4-6-13;/h2-8,11,21-22H,9-10,12H2,1H3,(H,23,24);1H. The van der Waals surface area contributed by atoms with Crippen LogP contribution in [0.4, 0.5) is 0 Å². The molecule has 0 aliphatic carbocycles. The minimum absolute atomic E-state index is 0. The molecule has 136 valence electrons. The van der Waals surface area contributed by atoms with Crippen LogP contribution in [0.1, 0.15) is 16.8 Å². The number of carboxylic acid groups (broad SMARTS) is 1. The smallest absolute Gasteiger partial charge is 0.330 e. The fourth-order valence-electron chi connectivity index (χ4n) is 3.78. The zero-order chi connectivity index (χ0) is 17.4. The van der Waals surface area contributed by atoms with Crippen LogP contribution in [0.5, 0.6) is 5.75 Å². The number of H-pyrrole nitrogens is 1. The Morgan fingerprint density at radius 2 is 2.00 bits per heavy atom. The van der Waals surface area contributed by atoms with Crippen LogP contribution in [-0.4, -0.2) is 29.7 Å². The Morgan fingerprint density at radius 3 is 2.69 bits per heavy atom. The highest BCUT2D eigenvalue weighted by Crippen LogP contribution is 2.37. The molecule has 3 N–H and O–H groups in total. The number of fused-ring (bicyclic) bond motifs is 3. The lowest BCUT2D eigenvalue weighted by Gasteiger charge is -2.35. The zero-order valence-corrected chi connectivity index (χ0v) is 15.2. The number of benzene rings is 2. The number of rotatable bonds is 4. The Labute approximate surface area is 157 Å². The number of aromatic amines is 1. The summed E-state index contributed by atoms with van der Waals surface area (Å²) < 4.78 is 5.33. The number of hydrogen-bond acceptors (Lipinski definition) is 3. The van der Waals surface area contributed by atoms with Gasteiger partial charge in [0.25, 0.3) is 0 Å². The van der Waals surface area contributed by atoms with Gasteiger partial charge in [0.2, 0.25) is 0 Å². The van der Waals surface area contributed by atoms with Gasteiger partial charge in [0.15, 0.2) is 5.54 Å². The molecular weight excluding hydrogens is 352 g/mol. The zero-order valence-electron chi connectivity index (χ0n) is 14.4. The molecule has 4 rings (SSSR count). The first-order valence-corrected chi connectivity index (χ1v) is 8.35. The van der Waals surface area contributed by atoms with Gasteiger partial charge in [-0.15, -0.1) is 12.4 Å². The SMILES string of the molecule is COc1ccc2[nH]c3c(c2c1)CCNC3(Cc1ccccc1)C(=O)O.Cl. The highest BCUT2D eigenvalue weighted by molar-refractivity contribution is 5.91. The lowest BCUT2D eigenvalue weighted by Crippen LogP contribution is -2.54. The lowest BCUT2D eigenvalue weighted by atomic mass is 9.82. The summed E-state index contributed by atoms with van der Waals surface area (Å²) >= 11 is 0. The largest absolute Gasteiger partial charge is 0.497 e. The number of halogens is 1. The second-order valence-electron chi connectivity index (χ2n) is 6.44. The number of carbonyl (C=O) groups is 1. The Morgan fingerprint density at radius 1 is 1.23 bits per heavy atom. The molecule has 0 radical (unpaired) electrons. The molecule has 0 bridgehead atoms. The number of ether oxygens (including phenoxy) is 1. The second-order valence-corrected chi connectivity index (χ2v) is 6.44. The van der Waals surface area contributed by atoms with Gasteiger partial charge in [0.05, 0.1) is 12.8 Å². The average molecular weight is 373 g/mol. The molecular formula is C20H21ClN2O3. The highest BCUT2D eigenvalue weighted by atomic mass is 35.5. The fourth-order valence-corrected chi connectivity index (χ4v) is 3.78. The quantitative estimate of drug-likeness (QED) is 0.657. The minimum atomic E-state index is -1.15. The molecule has 1 aromatic heterocycles. The number of aromatic nitrogens is 1. The summed E-state index contributed by atoms with van der Waals surface area (Å²) in [5, 5.41) is 14.4. The van der Waals surface area contributed by atoms with Gasteiger partial charge >= 0.3 is 5.97 Å². The fraction of sp³-hybridized carbons (Fsp3) is 0.250. The van der Waals surface area contributed by atoms with Crippen molar-refractivity contribution in [3.63, 3.8) is 0 Å². The van der Waals surface area contributed by atoms with Gasteiger partial charge in [-0.3, -0.25) is 5.32 Å². The highest BCUT2D eigenvalue weighted by Gasteiger charge is 2.45. The van der Waals surface area contributed by atoms with E-state index in [0.717, 1.165) is 39.9 Å². The maximum Gasteiger partial charge on any atom is 0.330 e. The van der Waals surface area contributed by atoms with E-state index in [2.05, 4.69) is 10.3 Å². The molecule has 6 heteroatoms.